The average Bonchev–Trinajstić information content (AvgIpc) is 2.13. The van der Waals surface area contributed by atoms with E-state index in [1.165, 1.54) is 0 Å². The third-order valence-corrected chi connectivity index (χ3v) is 3.21. The van der Waals surface area contributed by atoms with Gasteiger partial charge in [-0.3, -0.25) is 4.79 Å². The van der Waals surface area contributed by atoms with Crippen LogP contribution in [0.1, 0.15) is 25.7 Å². The normalized spacial score (nSPS) is 26.8. The number of carbonyl (C=O) groups excluding carboxylic acids is 1. The quantitative estimate of drug-likeness (QED) is 0.624. The molecular weight excluding hydrogens is 271 g/mol. The first-order valence-corrected chi connectivity index (χ1v) is 5.28. The minimum Gasteiger partial charge on any atom is -0.374 e. The van der Waals surface area contributed by atoms with E-state index in [4.69, 9.17) is 0 Å². The third kappa shape index (κ3) is 2.40. The number of ketones is 1. The van der Waals surface area contributed by atoms with Crippen LogP contribution >= 0.6 is 11.6 Å². The van der Waals surface area contributed by atoms with Gasteiger partial charge in [-0.25, -0.2) is 0 Å². The predicted molar refractivity (Wildman–Crippen MR) is 48.8 cm³/mol. The molecule has 0 spiro atoms. The molecule has 1 fully saturated rings. The summed E-state index contributed by atoms with van der Waals surface area (Å²) in [5.74, 6) is -3.24. The maximum absolute atomic E-state index is 12.9. The average molecular weight is 281 g/mol. The summed E-state index contributed by atoms with van der Waals surface area (Å²) in [5, 5.41) is 4.31. The maximum Gasteiger partial charge on any atom is 0.425 e. The molecule has 100 valence electrons. The van der Waals surface area contributed by atoms with Crippen molar-refractivity contribution in [1.82, 2.24) is 0 Å². The highest BCUT2D eigenvalue weighted by atomic mass is 35.5. The van der Waals surface area contributed by atoms with E-state index < -0.39 is 35.3 Å². The van der Waals surface area contributed by atoms with Crippen LogP contribution in [0.5, 0.6) is 0 Å². The Morgan fingerprint density at radius 2 is 1.71 bits per heavy atom. The van der Waals surface area contributed by atoms with Crippen molar-refractivity contribution in [2.75, 3.05) is 0 Å². The van der Waals surface area contributed by atoms with Gasteiger partial charge in [-0.2, -0.15) is 22.0 Å². The van der Waals surface area contributed by atoms with Crippen LogP contribution in [-0.2, 0) is 4.79 Å². The van der Waals surface area contributed by atoms with Crippen molar-refractivity contribution in [1.29, 1.82) is 0 Å². The van der Waals surface area contributed by atoms with Gasteiger partial charge < -0.3 is 5.11 Å². The molecule has 1 rings (SSSR count). The second-order valence-electron chi connectivity index (χ2n) is 4.03. The Balaban J connectivity index is 3.20. The second-order valence-corrected chi connectivity index (χ2v) is 4.50. The van der Waals surface area contributed by atoms with Crippen molar-refractivity contribution >= 4 is 17.4 Å². The first-order valence-electron chi connectivity index (χ1n) is 4.90. The van der Waals surface area contributed by atoms with E-state index in [1.54, 1.807) is 0 Å². The van der Waals surface area contributed by atoms with Gasteiger partial charge in [0.1, 0.15) is 5.78 Å². The lowest BCUT2D eigenvalue weighted by molar-refractivity contribution is -0.326. The van der Waals surface area contributed by atoms with Crippen LogP contribution in [0.4, 0.5) is 22.0 Å². The molecule has 17 heavy (non-hydrogen) atoms. The zero-order chi connectivity index (χ0) is 13.5. The molecular formula is C9H10ClF5O2. The Kier molecular flexibility index (Phi) is 3.74. The van der Waals surface area contributed by atoms with Gasteiger partial charge in [-0.1, -0.05) is 6.42 Å². The lowest BCUT2D eigenvalue weighted by atomic mass is 9.75. The van der Waals surface area contributed by atoms with Gasteiger partial charge in [0.25, 0.3) is 0 Å². The van der Waals surface area contributed by atoms with E-state index in [0.717, 1.165) is 0 Å². The molecule has 0 saturated heterocycles. The Morgan fingerprint density at radius 3 is 2.06 bits per heavy atom. The van der Waals surface area contributed by atoms with Gasteiger partial charge in [-0.15, -0.1) is 0 Å². The molecule has 1 aliphatic carbocycles. The molecule has 1 aliphatic rings. The van der Waals surface area contributed by atoms with E-state index in [2.05, 4.69) is 11.6 Å². The molecule has 2 atom stereocenters. The zero-order valence-electron chi connectivity index (χ0n) is 8.53. The fraction of sp³-hybridized carbons (Fsp3) is 0.889. The molecule has 0 heterocycles. The number of carbonyl (C=O) groups is 1. The molecule has 0 aromatic carbocycles. The van der Waals surface area contributed by atoms with Gasteiger partial charge >= 0.3 is 11.6 Å². The summed E-state index contributed by atoms with van der Waals surface area (Å²) in [6, 6.07) is 0. The van der Waals surface area contributed by atoms with Crippen molar-refractivity contribution in [3.63, 3.8) is 0 Å². The van der Waals surface area contributed by atoms with Gasteiger partial charge in [0.05, 0.1) is 5.92 Å². The Bertz CT molecular complexity index is 295. The van der Waals surface area contributed by atoms with Gasteiger partial charge in [0.2, 0.25) is 5.60 Å². The molecule has 2 nitrogen and oxygen atoms in total. The largest absolute Gasteiger partial charge is 0.425 e. The number of hydrogen-bond donors (Lipinski definition) is 1. The standard InChI is InChI=1S/C9H10ClF5O2/c10-8(11,12)7(17,9(13,14)15)5-3-1-2-4-6(5)16/h5,17H,1-4H2/t5-,7+/m1/s1. The Hall–Kier alpha value is -0.430. The van der Waals surface area contributed by atoms with Crippen LogP contribution in [0.15, 0.2) is 0 Å². The summed E-state index contributed by atoms with van der Waals surface area (Å²) in [6.07, 6.45) is -5.87. The minimum atomic E-state index is -5.67. The van der Waals surface area contributed by atoms with Crippen molar-refractivity contribution < 1.29 is 31.9 Å². The summed E-state index contributed by atoms with van der Waals surface area (Å²) < 4.78 is 63.5. The lowest BCUT2D eigenvalue weighted by Gasteiger charge is -2.40. The van der Waals surface area contributed by atoms with Gasteiger partial charge in [-0.05, 0) is 24.4 Å². The number of aliphatic hydroxyl groups is 1. The summed E-state index contributed by atoms with van der Waals surface area (Å²) in [7, 11) is 0. The number of hydrogen-bond acceptors (Lipinski definition) is 2. The van der Waals surface area contributed by atoms with E-state index in [1.807, 2.05) is 0 Å². The Labute approximate surface area is 98.7 Å². The molecule has 0 bridgehead atoms. The highest BCUT2D eigenvalue weighted by Gasteiger charge is 2.73. The Morgan fingerprint density at radius 1 is 1.18 bits per heavy atom. The van der Waals surface area contributed by atoms with E-state index in [0.29, 0.717) is 6.42 Å². The zero-order valence-corrected chi connectivity index (χ0v) is 9.28. The molecule has 0 aromatic rings. The molecule has 0 amide bonds. The molecule has 0 aliphatic heterocycles. The topological polar surface area (TPSA) is 37.3 Å². The van der Waals surface area contributed by atoms with E-state index in [9.17, 15) is 31.9 Å². The predicted octanol–water partition coefficient (Wildman–Crippen LogP) is 2.87. The number of halogens is 6. The van der Waals surface area contributed by atoms with Crippen LogP contribution < -0.4 is 0 Å². The summed E-state index contributed by atoms with van der Waals surface area (Å²) >= 11 is 4.37. The van der Waals surface area contributed by atoms with Crippen LogP contribution in [0.25, 0.3) is 0 Å². The van der Waals surface area contributed by atoms with Crippen molar-refractivity contribution in [3.05, 3.63) is 0 Å². The first-order chi connectivity index (χ1) is 7.52. The number of Topliss-reactive ketones (excluding diaryl/α,β-unsaturated/α-hetero) is 1. The van der Waals surface area contributed by atoms with Crippen LogP contribution in [0.2, 0.25) is 0 Å². The van der Waals surface area contributed by atoms with Crippen molar-refractivity contribution in [3.8, 4) is 0 Å². The van der Waals surface area contributed by atoms with Crippen LogP contribution in [-0.4, -0.2) is 28.0 Å². The SMILES string of the molecule is O=C1CCCC[C@H]1[C@@](O)(C(F)(F)F)C(F)(F)Cl. The number of alkyl halides is 6. The highest BCUT2D eigenvalue weighted by molar-refractivity contribution is 6.22. The van der Waals surface area contributed by atoms with Crippen LogP contribution in [0, 0.1) is 5.92 Å². The van der Waals surface area contributed by atoms with E-state index in [-0.39, 0.29) is 12.8 Å². The van der Waals surface area contributed by atoms with Crippen molar-refractivity contribution in [2.45, 2.75) is 42.8 Å². The summed E-state index contributed by atoms with van der Waals surface area (Å²) in [4.78, 5) is 11.3. The third-order valence-electron chi connectivity index (χ3n) is 2.92. The second kappa shape index (κ2) is 4.35. The first kappa shape index (κ1) is 14.6. The summed E-state index contributed by atoms with van der Waals surface area (Å²) in [5.41, 5.74) is -4.50. The smallest absolute Gasteiger partial charge is 0.374 e. The molecule has 0 radical (unpaired) electrons. The van der Waals surface area contributed by atoms with E-state index >= 15 is 0 Å². The molecule has 1 N–H and O–H groups in total. The molecule has 1 saturated carbocycles. The lowest BCUT2D eigenvalue weighted by Crippen LogP contribution is -2.63. The molecule has 0 unspecified atom stereocenters. The fourth-order valence-electron chi connectivity index (χ4n) is 1.98. The number of rotatable bonds is 2. The fourth-order valence-corrected chi connectivity index (χ4v) is 2.22. The monoisotopic (exact) mass is 280 g/mol. The summed E-state index contributed by atoms with van der Waals surface area (Å²) in [6.45, 7) is 0. The van der Waals surface area contributed by atoms with Crippen LogP contribution in [0.3, 0.4) is 0 Å². The van der Waals surface area contributed by atoms with Crippen molar-refractivity contribution in [2.24, 2.45) is 5.92 Å². The maximum atomic E-state index is 12.9. The molecule has 0 aromatic heterocycles. The molecule has 8 heteroatoms. The highest BCUT2D eigenvalue weighted by Crippen LogP contribution is 2.51. The van der Waals surface area contributed by atoms with Gasteiger partial charge in [0, 0.05) is 6.42 Å². The van der Waals surface area contributed by atoms with Gasteiger partial charge in [0.15, 0.2) is 0 Å². The minimum absolute atomic E-state index is 0.168.